The average Bonchev–Trinajstić information content (AvgIpc) is 3.49. The lowest BCUT2D eigenvalue weighted by Crippen LogP contribution is -2.39. The Morgan fingerprint density at radius 1 is 1.26 bits per heavy atom. The summed E-state index contributed by atoms with van der Waals surface area (Å²) in [6, 6.07) is 6.00. The number of aromatic nitrogens is 4. The third-order valence-electron chi connectivity index (χ3n) is 5.92. The van der Waals surface area contributed by atoms with E-state index in [0.717, 1.165) is 19.4 Å². The first-order chi connectivity index (χ1) is 16.2. The van der Waals surface area contributed by atoms with E-state index in [1.807, 2.05) is 6.92 Å². The lowest BCUT2D eigenvalue weighted by molar-refractivity contribution is -0.118. The maximum Gasteiger partial charge on any atom is 0.322 e. The number of amides is 1. The highest BCUT2D eigenvalue weighted by Gasteiger charge is 2.32. The second kappa shape index (κ2) is 9.47. The molecule has 34 heavy (non-hydrogen) atoms. The molecule has 0 unspecified atom stereocenters. The number of anilines is 2. The molecule has 3 heterocycles. The minimum Gasteiger partial charge on any atom is -0.401 e. The van der Waals surface area contributed by atoms with E-state index in [1.54, 1.807) is 26.0 Å². The molecule has 2 atom stereocenters. The first kappa shape index (κ1) is 23.8. The van der Waals surface area contributed by atoms with Gasteiger partial charge in [0.2, 0.25) is 5.91 Å². The lowest BCUT2D eigenvalue weighted by atomic mass is 9.97. The first-order valence-electron chi connectivity index (χ1n) is 11.1. The van der Waals surface area contributed by atoms with Crippen molar-refractivity contribution in [1.82, 2.24) is 25.5 Å². The number of hydrogen-bond acceptors (Lipinski definition) is 10. The molecule has 3 aromatic rings. The summed E-state index contributed by atoms with van der Waals surface area (Å²) in [7, 11) is -3.38. The van der Waals surface area contributed by atoms with E-state index < -0.39 is 15.1 Å². The number of hydrogen-bond donors (Lipinski definition) is 3. The molecule has 0 saturated carbocycles. The summed E-state index contributed by atoms with van der Waals surface area (Å²) in [5.74, 6) is 0.103. The molecule has 0 bridgehead atoms. The van der Waals surface area contributed by atoms with Gasteiger partial charge in [-0.25, -0.2) is 18.4 Å². The van der Waals surface area contributed by atoms with Gasteiger partial charge in [0.25, 0.3) is 5.89 Å². The molecule has 0 radical (unpaired) electrons. The van der Waals surface area contributed by atoms with Crippen molar-refractivity contribution < 1.29 is 17.6 Å². The van der Waals surface area contributed by atoms with E-state index in [1.165, 1.54) is 18.3 Å². The van der Waals surface area contributed by atoms with Crippen LogP contribution < -0.4 is 16.4 Å². The smallest absolute Gasteiger partial charge is 0.322 e. The Hall–Kier alpha value is -3.38. The van der Waals surface area contributed by atoms with Gasteiger partial charge in [-0.05, 0) is 44.9 Å². The van der Waals surface area contributed by atoms with Crippen molar-refractivity contribution in [2.45, 2.75) is 49.8 Å². The van der Waals surface area contributed by atoms with Gasteiger partial charge < -0.3 is 15.5 Å². The monoisotopic (exact) mass is 485 g/mol. The van der Waals surface area contributed by atoms with Gasteiger partial charge in [0.1, 0.15) is 0 Å². The van der Waals surface area contributed by atoms with Crippen LogP contribution in [0.5, 0.6) is 0 Å². The maximum atomic E-state index is 12.6. The SMILES string of the molecule is CC[C@H]1CCN[C@@H]1C(=O)Nc1nnc(-c2nc(-c3ccc(S(=O)(=O)C(C)C)cc3)cnc2N)o1. The average molecular weight is 486 g/mol. The molecule has 1 saturated heterocycles. The molecule has 1 fully saturated rings. The minimum absolute atomic E-state index is 0.00702. The molecule has 1 aromatic carbocycles. The fourth-order valence-corrected chi connectivity index (χ4v) is 4.90. The number of carbonyl (C=O) groups excluding carboxylic acids is 1. The van der Waals surface area contributed by atoms with Gasteiger partial charge in [0, 0.05) is 5.56 Å². The second-order valence-electron chi connectivity index (χ2n) is 8.40. The first-order valence-corrected chi connectivity index (χ1v) is 12.6. The largest absolute Gasteiger partial charge is 0.401 e. The molecule has 4 N–H and O–H groups in total. The summed E-state index contributed by atoms with van der Waals surface area (Å²) in [6.07, 6.45) is 3.30. The predicted octanol–water partition coefficient (Wildman–Crippen LogP) is 2.28. The zero-order chi connectivity index (χ0) is 24.5. The van der Waals surface area contributed by atoms with Crippen molar-refractivity contribution in [3.63, 3.8) is 0 Å². The Bertz CT molecular complexity index is 1290. The van der Waals surface area contributed by atoms with Crippen molar-refractivity contribution in [2.24, 2.45) is 5.92 Å². The fourth-order valence-electron chi connectivity index (χ4n) is 3.84. The van der Waals surface area contributed by atoms with Crippen LogP contribution >= 0.6 is 0 Å². The van der Waals surface area contributed by atoms with Crippen LogP contribution in [0.15, 0.2) is 39.8 Å². The molecule has 0 aliphatic carbocycles. The maximum absolute atomic E-state index is 12.6. The zero-order valence-corrected chi connectivity index (χ0v) is 20.0. The molecule has 12 heteroatoms. The molecule has 4 rings (SSSR count). The third-order valence-corrected chi connectivity index (χ3v) is 8.09. The summed E-state index contributed by atoms with van der Waals surface area (Å²) in [6.45, 7) is 6.10. The number of sulfone groups is 1. The van der Waals surface area contributed by atoms with Crippen molar-refractivity contribution in [3.05, 3.63) is 30.5 Å². The number of nitrogens with zero attached hydrogens (tertiary/aromatic N) is 4. The Kier molecular flexibility index (Phi) is 6.62. The minimum atomic E-state index is -3.38. The van der Waals surface area contributed by atoms with E-state index in [4.69, 9.17) is 10.2 Å². The fraction of sp³-hybridized carbons (Fsp3) is 0.409. The van der Waals surface area contributed by atoms with Crippen LogP contribution in [0.4, 0.5) is 11.8 Å². The van der Waals surface area contributed by atoms with Gasteiger partial charge in [-0.1, -0.05) is 30.6 Å². The molecule has 1 aliphatic heterocycles. The summed E-state index contributed by atoms with van der Waals surface area (Å²) in [5.41, 5.74) is 7.23. The molecule has 180 valence electrons. The number of rotatable bonds is 7. The van der Waals surface area contributed by atoms with Crippen LogP contribution in [0.2, 0.25) is 0 Å². The van der Waals surface area contributed by atoms with Crippen molar-refractivity contribution >= 4 is 27.6 Å². The molecule has 1 amide bonds. The number of nitrogens with one attached hydrogen (secondary N) is 2. The van der Waals surface area contributed by atoms with Gasteiger partial charge in [-0.3, -0.25) is 10.1 Å². The Labute approximate surface area is 197 Å². The number of nitrogen functional groups attached to an aromatic ring is 1. The van der Waals surface area contributed by atoms with Crippen molar-refractivity contribution in [1.29, 1.82) is 0 Å². The Balaban J connectivity index is 1.55. The molecule has 2 aromatic heterocycles. The van der Waals surface area contributed by atoms with Crippen LogP contribution in [0, 0.1) is 5.92 Å². The molecule has 0 spiro atoms. The Morgan fingerprint density at radius 2 is 2.00 bits per heavy atom. The third kappa shape index (κ3) is 4.64. The normalized spacial score (nSPS) is 18.4. The second-order valence-corrected chi connectivity index (χ2v) is 10.9. The molecule has 1 aliphatic rings. The number of nitrogens with two attached hydrogens (primary N) is 1. The summed E-state index contributed by atoms with van der Waals surface area (Å²) in [4.78, 5) is 21.4. The van der Waals surface area contributed by atoms with E-state index in [9.17, 15) is 13.2 Å². The highest BCUT2D eigenvalue weighted by Crippen LogP contribution is 2.28. The van der Waals surface area contributed by atoms with Gasteiger partial charge in [-0.2, -0.15) is 0 Å². The van der Waals surface area contributed by atoms with Crippen LogP contribution in [0.25, 0.3) is 22.8 Å². The highest BCUT2D eigenvalue weighted by atomic mass is 32.2. The Morgan fingerprint density at radius 3 is 2.68 bits per heavy atom. The van der Waals surface area contributed by atoms with E-state index in [2.05, 4.69) is 30.8 Å². The summed E-state index contributed by atoms with van der Waals surface area (Å²) < 4.78 is 30.3. The summed E-state index contributed by atoms with van der Waals surface area (Å²) in [5, 5.41) is 13.2. The van der Waals surface area contributed by atoms with E-state index in [0.29, 0.717) is 11.3 Å². The molecular formula is C22H27N7O4S. The van der Waals surface area contributed by atoms with Gasteiger partial charge in [-0.15, -0.1) is 5.10 Å². The predicted molar refractivity (Wildman–Crippen MR) is 126 cm³/mol. The molecular weight excluding hydrogens is 458 g/mol. The van der Waals surface area contributed by atoms with Crippen LogP contribution in [0.3, 0.4) is 0 Å². The standard InChI is InChI=1S/C22H27N7O4S/c1-4-13-9-10-24-17(13)20(30)27-22-29-28-21(33-22)18-19(23)25-11-16(26-18)14-5-7-15(8-6-14)34(31,32)12(2)3/h5-8,11-13,17,24H,4,9-10H2,1-3H3,(H2,23,25)(H,27,29,30)/t13-,17-/m0/s1. The van der Waals surface area contributed by atoms with Crippen molar-refractivity contribution in [3.8, 4) is 22.8 Å². The number of benzene rings is 1. The van der Waals surface area contributed by atoms with E-state index >= 15 is 0 Å². The topological polar surface area (TPSA) is 166 Å². The van der Waals surface area contributed by atoms with Crippen LogP contribution in [-0.4, -0.2) is 52.3 Å². The van der Waals surface area contributed by atoms with Crippen LogP contribution in [0.1, 0.15) is 33.6 Å². The number of carbonyl (C=O) groups is 1. The quantitative estimate of drug-likeness (QED) is 0.452. The lowest BCUT2D eigenvalue weighted by Gasteiger charge is -2.15. The van der Waals surface area contributed by atoms with Gasteiger partial charge in [0.05, 0.1) is 28.1 Å². The van der Waals surface area contributed by atoms with Crippen molar-refractivity contribution in [2.75, 3.05) is 17.6 Å². The van der Waals surface area contributed by atoms with E-state index in [-0.39, 0.29) is 46.2 Å². The highest BCUT2D eigenvalue weighted by molar-refractivity contribution is 7.92. The zero-order valence-electron chi connectivity index (χ0n) is 19.1. The molecule has 11 nitrogen and oxygen atoms in total. The van der Waals surface area contributed by atoms with Crippen LogP contribution in [-0.2, 0) is 14.6 Å². The van der Waals surface area contributed by atoms with Gasteiger partial charge in [0.15, 0.2) is 21.3 Å². The summed E-state index contributed by atoms with van der Waals surface area (Å²) >= 11 is 0. The van der Waals surface area contributed by atoms with Gasteiger partial charge >= 0.3 is 6.01 Å².